The maximum Gasteiger partial charge on any atom is 0.272 e. The van der Waals surface area contributed by atoms with Crippen molar-refractivity contribution in [3.63, 3.8) is 0 Å². The molecule has 0 aliphatic rings. The van der Waals surface area contributed by atoms with Crippen LogP contribution in [-0.2, 0) is 0 Å². The van der Waals surface area contributed by atoms with Crippen molar-refractivity contribution < 1.29 is 9.53 Å². The summed E-state index contributed by atoms with van der Waals surface area (Å²) in [6.45, 7) is 2.47. The van der Waals surface area contributed by atoms with E-state index >= 15 is 0 Å². The molecule has 1 amide bonds. The van der Waals surface area contributed by atoms with Gasteiger partial charge < -0.3 is 4.74 Å². The number of nitrogens with zero attached hydrogens (tertiary/aromatic N) is 3. The molecule has 0 atom stereocenters. The predicted molar refractivity (Wildman–Crippen MR) is 118 cm³/mol. The summed E-state index contributed by atoms with van der Waals surface area (Å²) in [6, 6.07) is 20.6. The quantitative estimate of drug-likeness (QED) is 0.386. The smallest absolute Gasteiger partial charge is 0.272 e. The molecule has 2 aromatic heterocycles. The van der Waals surface area contributed by atoms with Gasteiger partial charge in [-0.1, -0.05) is 30.3 Å². The van der Waals surface area contributed by atoms with E-state index in [9.17, 15) is 4.79 Å². The normalized spacial score (nSPS) is 11.0. The van der Waals surface area contributed by atoms with Gasteiger partial charge in [0, 0.05) is 28.9 Å². The van der Waals surface area contributed by atoms with Crippen LogP contribution in [0.3, 0.4) is 0 Å². The third-order valence-corrected chi connectivity index (χ3v) is 4.53. The molecule has 6 nitrogen and oxygen atoms in total. The van der Waals surface area contributed by atoms with Gasteiger partial charge in [0.2, 0.25) is 0 Å². The second-order valence-corrected chi connectivity index (χ2v) is 6.48. The van der Waals surface area contributed by atoms with Crippen molar-refractivity contribution in [1.29, 1.82) is 0 Å². The van der Waals surface area contributed by atoms with Gasteiger partial charge in [-0.05, 0) is 43.3 Å². The lowest BCUT2D eigenvalue weighted by molar-refractivity contribution is 0.0956. The summed E-state index contributed by atoms with van der Waals surface area (Å²) < 4.78 is 5.58. The lowest BCUT2D eigenvalue weighted by Crippen LogP contribution is -2.18. The molecule has 0 spiro atoms. The number of benzene rings is 2. The topological polar surface area (TPSA) is 76.5 Å². The van der Waals surface area contributed by atoms with Crippen LogP contribution in [0.2, 0.25) is 0 Å². The van der Waals surface area contributed by atoms with Crippen LogP contribution >= 0.6 is 0 Å². The fourth-order valence-electron chi connectivity index (χ4n) is 3.13. The van der Waals surface area contributed by atoms with E-state index in [1.54, 1.807) is 24.7 Å². The van der Waals surface area contributed by atoms with E-state index in [1.807, 2.05) is 67.6 Å². The van der Waals surface area contributed by atoms with E-state index in [4.69, 9.17) is 4.74 Å². The Labute approximate surface area is 174 Å². The minimum atomic E-state index is -0.311. The summed E-state index contributed by atoms with van der Waals surface area (Å²) in [7, 11) is 0. The minimum absolute atomic E-state index is 0.311. The summed E-state index contributed by atoms with van der Waals surface area (Å²) in [4.78, 5) is 21.7. The number of carbonyl (C=O) groups excluding carboxylic acids is 1. The molecule has 0 bridgehead atoms. The number of pyridine rings is 2. The summed E-state index contributed by atoms with van der Waals surface area (Å²) in [5.41, 5.74) is 6.24. The highest BCUT2D eigenvalue weighted by atomic mass is 16.5. The van der Waals surface area contributed by atoms with E-state index in [2.05, 4.69) is 20.5 Å². The summed E-state index contributed by atoms with van der Waals surface area (Å²) in [5, 5.41) is 4.90. The predicted octanol–water partition coefficient (Wildman–Crippen LogP) is 4.46. The van der Waals surface area contributed by atoms with Crippen LogP contribution in [0.1, 0.15) is 22.8 Å². The average molecular weight is 396 g/mol. The number of fused-ring (bicyclic) bond motifs is 1. The number of rotatable bonds is 6. The zero-order chi connectivity index (χ0) is 20.8. The van der Waals surface area contributed by atoms with Gasteiger partial charge >= 0.3 is 0 Å². The Bertz CT molecular complexity index is 1210. The van der Waals surface area contributed by atoms with Gasteiger partial charge in [-0.3, -0.25) is 9.78 Å². The molecule has 2 aromatic carbocycles. The summed E-state index contributed by atoms with van der Waals surface area (Å²) >= 11 is 0. The zero-order valence-corrected chi connectivity index (χ0v) is 16.4. The zero-order valence-electron chi connectivity index (χ0n) is 16.4. The van der Waals surface area contributed by atoms with Crippen LogP contribution in [0, 0.1) is 0 Å². The Morgan fingerprint density at radius 1 is 1.07 bits per heavy atom. The van der Waals surface area contributed by atoms with Gasteiger partial charge in [0.05, 0.1) is 29.6 Å². The molecule has 0 radical (unpaired) electrons. The summed E-state index contributed by atoms with van der Waals surface area (Å²) in [6.07, 6.45) is 4.98. The van der Waals surface area contributed by atoms with Crippen molar-refractivity contribution >= 4 is 23.0 Å². The molecule has 4 rings (SSSR count). The molecule has 0 fully saturated rings. The first-order valence-corrected chi connectivity index (χ1v) is 9.61. The molecule has 0 aliphatic heterocycles. The molecule has 30 heavy (non-hydrogen) atoms. The van der Waals surface area contributed by atoms with E-state index in [0.29, 0.717) is 23.6 Å². The van der Waals surface area contributed by atoms with E-state index in [0.717, 1.165) is 22.0 Å². The monoisotopic (exact) mass is 396 g/mol. The van der Waals surface area contributed by atoms with Crippen molar-refractivity contribution in [2.24, 2.45) is 5.10 Å². The van der Waals surface area contributed by atoms with Crippen molar-refractivity contribution in [3.05, 3.63) is 90.3 Å². The number of ether oxygens (including phenoxy) is 1. The first-order valence-electron chi connectivity index (χ1n) is 9.61. The van der Waals surface area contributed by atoms with Crippen LogP contribution in [0.25, 0.3) is 22.2 Å². The largest absolute Gasteiger partial charge is 0.493 e. The van der Waals surface area contributed by atoms with Crippen LogP contribution in [0.5, 0.6) is 5.75 Å². The first kappa shape index (κ1) is 19.3. The maximum atomic E-state index is 12.9. The highest BCUT2D eigenvalue weighted by Crippen LogP contribution is 2.24. The Kier molecular flexibility index (Phi) is 5.75. The number of hydrazone groups is 1. The highest BCUT2D eigenvalue weighted by molar-refractivity contribution is 6.07. The number of hydrogen-bond donors (Lipinski definition) is 1. The molecule has 0 unspecified atom stereocenters. The fraction of sp³-hybridized carbons (Fsp3) is 0.0833. The van der Waals surface area contributed by atoms with Crippen LogP contribution < -0.4 is 10.2 Å². The van der Waals surface area contributed by atoms with Crippen molar-refractivity contribution in [1.82, 2.24) is 15.4 Å². The fourth-order valence-corrected chi connectivity index (χ4v) is 3.13. The van der Waals surface area contributed by atoms with E-state index < -0.39 is 0 Å². The van der Waals surface area contributed by atoms with Gasteiger partial charge in [0.15, 0.2) is 0 Å². The molecule has 0 saturated heterocycles. The Morgan fingerprint density at radius 3 is 2.67 bits per heavy atom. The molecule has 0 saturated carbocycles. The van der Waals surface area contributed by atoms with Crippen molar-refractivity contribution in [2.75, 3.05) is 6.61 Å². The standard InChI is InChI=1S/C24H20N4O2/c1-2-30-23-10-6-3-7-18(23)16-26-28-24(29)20-15-22(17-11-13-25-14-12-17)27-21-9-5-4-8-19(20)21/h3-16H,2H2,1H3,(H,28,29)/b26-16+. The Morgan fingerprint density at radius 2 is 1.83 bits per heavy atom. The summed E-state index contributed by atoms with van der Waals surface area (Å²) in [5.74, 6) is 0.404. The molecule has 4 aromatic rings. The SMILES string of the molecule is CCOc1ccccc1/C=N/NC(=O)c1cc(-c2ccncc2)nc2ccccc12. The van der Waals surface area contributed by atoms with Crippen molar-refractivity contribution in [2.45, 2.75) is 6.92 Å². The van der Waals surface area contributed by atoms with Gasteiger partial charge in [-0.2, -0.15) is 5.10 Å². The second-order valence-electron chi connectivity index (χ2n) is 6.48. The molecule has 1 N–H and O–H groups in total. The van der Waals surface area contributed by atoms with Gasteiger partial charge in [-0.15, -0.1) is 0 Å². The second kappa shape index (κ2) is 8.96. The molecule has 2 heterocycles. The number of hydrogen-bond acceptors (Lipinski definition) is 5. The average Bonchev–Trinajstić information content (AvgIpc) is 2.80. The number of aromatic nitrogens is 2. The Hall–Kier alpha value is -4.06. The Balaban J connectivity index is 1.65. The van der Waals surface area contributed by atoms with E-state index in [-0.39, 0.29) is 5.91 Å². The number of nitrogens with one attached hydrogen (secondary N) is 1. The van der Waals surface area contributed by atoms with Crippen LogP contribution in [0.4, 0.5) is 0 Å². The lowest BCUT2D eigenvalue weighted by Gasteiger charge is -2.09. The molecule has 0 aliphatic carbocycles. The third-order valence-electron chi connectivity index (χ3n) is 4.53. The molecular weight excluding hydrogens is 376 g/mol. The van der Waals surface area contributed by atoms with Crippen LogP contribution in [-0.4, -0.2) is 28.7 Å². The highest BCUT2D eigenvalue weighted by Gasteiger charge is 2.13. The number of carbonyl (C=O) groups is 1. The molecule has 148 valence electrons. The molecular formula is C24H20N4O2. The lowest BCUT2D eigenvalue weighted by atomic mass is 10.0. The maximum absolute atomic E-state index is 12.9. The van der Waals surface area contributed by atoms with E-state index in [1.165, 1.54) is 0 Å². The van der Waals surface area contributed by atoms with Crippen molar-refractivity contribution in [3.8, 4) is 17.0 Å². The van der Waals surface area contributed by atoms with Gasteiger partial charge in [-0.25, -0.2) is 10.4 Å². The number of amides is 1. The minimum Gasteiger partial charge on any atom is -0.493 e. The van der Waals surface area contributed by atoms with Crippen LogP contribution in [0.15, 0.2) is 84.2 Å². The third kappa shape index (κ3) is 4.17. The molecule has 6 heteroatoms. The number of para-hydroxylation sites is 2. The van der Waals surface area contributed by atoms with Gasteiger partial charge in [0.25, 0.3) is 5.91 Å². The van der Waals surface area contributed by atoms with Gasteiger partial charge in [0.1, 0.15) is 5.75 Å². The first-order chi connectivity index (χ1) is 14.8.